The summed E-state index contributed by atoms with van der Waals surface area (Å²) in [5.74, 6) is -0.814. The lowest BCUT2D eigenvalue weighted by molar-refractivity contribution is 0.395. The lowest BCUT2D eigenvalue weighted by Gasteiger charge is -2.22. The van der Waals surface area contributed by atoms with Crippen LogP contribution in [0, 0.1) is 5.82 Å². The van der Waals surface area contributed by atoms with Crippen molar-refractivity contribution >= 4 is 21.6 Å². The average Bonchev–Trinajstić information content (AvgIpc) is 3.29. The van der Waals surface area contributed by atoms with Crippen molar-refractivity contribution < 1.29 is 12.8 Å². The van der Waals surface area contributed by atoms with E-state index in [0.29, 0.717) is 0 Å². The van der Waals surface area contributed by atoms with E-state index in [1.807, 2.05) is 30.3 Å². The number of rotatable bonds is 5. The molecule has 0 spiro atoms. The van der Waals surface area contributed by atoms with Crippen LogP contribution in [0.2, 0.25) is 5.02 Å². The van der Waals surface area contributed by atoms with Crippen LogP contribution < -0.4 is 0 Å². The third-order valence-electron chi connectivity index (χ3n) is 3.62. The van der Waals surface area contributed by atoms with Gasteiger partial charge < -0.3 is 0 Å². The van der Waals surface area contributed by atoms with E-state index in [2.05, 4.69) is 0 Å². The van der Waals surface area contributed by atoms with Crippen molar-refractivity contribution in [3.63, 3.8) is 0 Å². The van der Waals surface area contributed by atoms with Crippen LogP contribution in [0.1, 0.15) is 18.4 Å². The third kappa shape index (κ3) is 3.16. The summed E-state index contributed by atoms with van der Waals surface area (Å²) < 4.78 is 41.0. The van der Waals surface area contributed by atoms with E-state index in [-0.39, 0.29) is 22.5 Å². The summed E-state index contributed by atoms with van der Waals surface area (Å²) in [6.45, 7) is 0.246. The highest BCUT2D eigenvalue weighted by atomic mass is 35.5. The average molecular weight is 340 g/mol. The van der Waals surface area contributed by atoms with Crippen LogP contribution in [0.4, 0.5) is 4.39 Å². The predicted molar refractivity (Wildman–Crippen MR) is 83.6 cm³/mol. The maximum Gasteiger partial charge on any atom is 0.246 e. The van der Waals surface area contributed by atoms with Gasteiger partial charge in [0, 0.05) is 17.6 Å². The second-order valence-corrected chi connectivity index (χ2v) is 7.64. The highest BCUT2D eigenvalue weighted by Crippen LogP contribution is 2.34. The smallest absolute Gasteiger partial charge is 0.207 e. The minimum absolute atomic E-state index is 0.0553. The first-order chi connectivity index (χ1) is 10.5. The van der Waals surface area contributed by atoms with Gasteiger partial charge >= 0.3 is 0 Å². The second-order valence-electron chi connectivity index (χ2n) is 5.34. The fourth-order valence-electron chi connectivity index (χ4n) is 2.35. The summed E-state index contributed by atoms with van der Waals surface area (Å²) in [7, 11) is -3.88. The topological polar surface area (TPSA) is 37.4 Å². The lowest BCUT2D eigenvalue weighted by atomic mass is 10.2. The first-order valence-corrected chi connectivity index (χ1v) is 8.81. The van der Waals surface area contributed by atoms with Crippen molar-refractivity contribution in [1.29, 1.82) is 0 Å². The minimum Gasteiger partial charge on any atom is -0.207 e. The summed E-state index contributed by atoms with van der Waals surface area (Å²) in [6.07, 6.45) is 1.61. The molecule has 0 atom stereocenters. The quantitative estimate of drug-likeness (QED) is 0.830. The summed E-state index contributed by atoms with van der Waals surface area (Å²) in [5.41, 5.74) is 0.882. The fraction of sp³-hybridized carbons (Fsp3) is 0.250. The number of sulfonamides is 1. The maximum absolute atomic E-state index is 14.0. The second kappa shape index (κ2) is 5.99. The number of benzene rings is 2. The zero-order valence-corrected chi connectivity index (χ0v) is 13.3. The van der Waals surface area contributed by atoms with E-state index < -0.39 is 15.8 Å². The molecule has 6 heteroatoms. The molecule has 2 aromatic rings. The molecule has 0 heterocycles. The van der Waals surface area contributed by atoms with E-state index in [1.54, 1.807) is 0 Å². The first kappa shape index (κ1) is 15.5. The molecular weight excluding hydrogens is 325 g/mol. The molecule has 0 bridgehead atoms. The molecule has 0 amide bonds. The zero-order chi connectivity index (χ0) is 15.7. The van der Waals surface area contributed by atoms with Crippen molar-refractivity contribution in [2.45, 2.75) is 30.3 Å². The summed E-state index contributed by atoms with van der Waals surface area (Å²) in [5, 5.41) is 0.178. The Bertz CT molecular complexity index is 776. The molecule has 116 valence electrons. The minimum atomic E-state index is -3.88. The molecule has 1 aliphatic rings. The summed E-state index contributed by atoms with van der Waals surface area (Å²) >= 11 is 5.70. The predicted octanol–water partition coefficient (Wildman–Crippen LogP) is 3.83. The highest BCUT2D eigenvalue weighted by molar-refractivity contribution is 7.89. The molecule has 0 saturated heterocycles. The van der Waals surface area contributed by atoms with Gasteiger partial charge in [-0.2, -0.15) is 4.31 Å². The van der Waals surface area contributed by atoms with Gasteiger partial charge in [-0.05, 0) is 36.6 Å². The van der Waals surface area contributed by atoms with Crippen LogP contribution in [0.5, 0.6) is 0 Å². The van der Waals surface area contributed by atoms with Gasteiger partial charge in [0.15, 0.2) is 0 Å². The number of hydrogen-bond acceptors (Lipinski definition) is 2. The Morgan fingerprint density at radius 3 is 2.41 bits per heavy atom. The Balaban J connectivity index is 1.96. The van der Waals surface area contributed by atoms with Crippen molar-refractivity contribution in [2.24, 2.45) is 0 Å². The van der Waals surface area contributed by atoms with Crippen molar-refractivity contribution in [3.05, 3.63) is 64.9 Å². The van der Waals surface area contributed by atoms with Gasteiger partial charge in [-0.25, -0.2) is 12.8 Å². The molecule has 0 N–H and O–H groups in total. The Morgan fingerprint density at radius 2 is 1.82 bits per heavy atom. The van der Waals surface area contributed by atoms with E-state index in [9.17, 15) is 12.8 Å². The van der Waals surface area contributed by atoms with Crippen LogP contribution in [0.15, 0.2) is 53.4 Å². The standard InChI is InChI=1S/C16H15ClFNO2S/c17-13-6-9-16(15(18)10-13)22(20,21)19(14-7-8-14)11-12-4-2-1-3-5-12/h1-6,9-10,14H,7-8,11H2. The molecule has 1 fully saturated rings. The van der Waals surface area contributed by atoms with Gasteiger partial charge in [0.25, 0.3) is 0 Å². The van der Waals surface area contributed by atoms with Crippen molar-refractivity contribution in [3.8, 4) is 0 Å². The third-order valence-corrected chi connectivity index (χ3v) is 5.78. The molecule has 3 rings (SSSR count). The molecular formula is C16H15ClFNO2S. The van der Waals surface area contributed by atoms with E-state index >= 15 is 0 Å². The normalized spacial score (nSPS) is 15.2. The van der Waals surface area contributed by atoms with Crippen molar-refractivity contribution in [1.82, 2.24) is 4.31 Å². The number of halogens is 2. The lowest BCUT2D eigenvalue weighted by Crippen LogP contribution is -2.33. The van der Waals surface area contributed by atoms with Gasteiger partial charge in [0.1, 0.15) is 10.7 Å². The first-order valence-electron chi connectivity index (χ1n) is 6.99. The monoisotopic (exact) mass is 339 g/mol. The van der Waals surface area contributed by atoms with Crippen LogP contribution in [0.25, 0.3) is 0 Å². The SMILES string of the molecule is O=S(=O)(c1ccc(Cl)cc1F)N(Cc1ccccc1)C1CC1. The Labute approximate surface area is 134 Å². The van der Waals surface area contributed by atoms with Gasteiger partial charge in [-0.3, -0.25) is 0 Å². The van der Waals surface area contributed by atoms with Gasteiger partial charge in [-0.1, -0.05) is 41.9 Å². The van der Waals surface area contributed by atoms with Gasteiger partial charge in [-0.15, -0.1) is 0 Å². The van der Waals surface area contributed by atoms with Crippen LogP contribution in [0.3, 0.4) is 0 Å². The molecule has 22 heavy (non-hydrogen) atoms. The molecule has 3 nitrogen and oxygen atoms in total. The van der Waals surface area contributed by atoms with Gasteiger partial charge in [0.05, 0.1) is 0 Å². The highest BCUT2D eigenvalue weighted by Gasteiger charge is 2.39. The fourth-order valence-corrected chi connectivity index (χ4v) is 4.23. The Kier molecular flexibility index (Phi) is 4.21. The van der Waals surface area contributed by atoms with Crippen LogP contribution >= 0.6 is 11.6 Å². The van der Waals surface area contributed by atoms with E-state index in [0.717, 1.165) is 24.5 Å². The molecule has 2 aromatic carbocycles. The molecule has 0 aliphatic heterocycles. The summed E-state index contributed by atoms with van der Waals surface area (Å²) in [6, 6.07) is 12.9. The van der Waals surface area contributed by atoms with Gasteiger partial charge in [0.2, 0.25) is 10.0 Å². The summed E-state index contributed by atoms with van der Waals surface area (Å²) in [4.78, 5) is -0.320. The molecule has 1 aliphatic carbocycles. The maximum atomic E-state index is 14.0. The molecule has 1 saturated carbocycles. The van der Waals surface area contributed by atoms with Crippen molar-refractivity contribution in [2.75, 3.05) is 0 Å². The Hall–Kier alpha value is -1.43. The van der Waals surface area contributed by atoms with Crippen LogP contribution in [-0.4, -0.2) is 18.8 Å². The number of hydrogen-bond donors (Lipinski definition) is 0. The zero-order valence-electron chi connectivity index (χ0n) is 11.7. The molecule has 0 aromatic heterocycles. The largest absolute Gasteiger partial charge is 0.246 e. The van der Waals surface area contributed by atoms with E-state index in [4.69, 9.17) is 11.6 Å². The molecule has 0 radical (unpaired) electrons. The Morgan fingerprint density at radius 1 is 1.14 bits per heavy atom. The van der Waals surface area contributed by atoms with E-state index in [1.165, 1.54) is 16.4 Å². The molecule has 0 unspecified atom stereocenters. The number of nitrogens with zero attached hydrogens (tertiary/aromatic N) is 1. The van der Waals surface area contributed by atoms with Crippen LogP contribution in [-0.2, 0) is 16.6 Å².